The molecule has 0 aliphatic carbocycles. The van der Waals surface area contributed by atoms with E-state index in [1.54, 1.807) is 6.20 Å². The van der Waals surface area contributed by atoms with Gasteiger partial charge in [0.1, 0.15) is 0 Å². The minimum Gasteiger partial charge on any atom is -0.301 e. The average Bonchev–Trinajstić information content (AvgIpc) is 2.70. The molecule has 0 aromatic carbocycles. The Hall–Kier alpha value is -1.69. The molecule has 0 unspecified atom stereocenters. The third-order valence-corrected chi connectivity index (χ3v) is 3.36. The molecule has 5 nitrogen and oxygen atoms in total. The Balaban J connectivity index is 2.45. The van der Waals surface area contributed by atoms with Crippen molar-refractivity contribution in [3.8, 4) is 0 Å². The second-order valence-electron chi connectivity index (χ2n) is 3.65. The molecule has 0 saturated carbocycles. The number of thiazole rings is 1. The van der Waals surface area contributed by atoms with Crippen molar-refractivity contribution < 1.29 is 0 Å². The number of hydrogen-bond acceptors (Lipinski definition) is 4. The van der Waals surface area contributed by atoms with E-state index in [-0.39, 0.29) is 11.2 Å². The van der Waals surface area contributed by atoms with Gasteiger partial charge in [-0.05, 0) is 13.8 Å². The van der Waals surface area contributed by atoms with E-state index in [0.29, 0.717) is 13.1 Å². The third kappa shape index (κ3) is 2.36. The summed E-state index contributed by atoms with van der Waals surface area (Å²) in [5, 5.41) is 0.930. The first-order valence-electron chi connectivity index (χ1n) is 5.33. The molecule has 90 valence electrons. The minimum atomic E-state index is -0.272. The Kier molecular flexibility index (Phi) is 3.23. The van der Waals surface area contributed by atoms with Gasteiger partial charge in [0.25, 0.3) is 5.56 Å². The third-order valence-electron chi connectivity index (χ3n) is 2.46. The first kappa shape index (κ1) is 11.8. The fourth-order valence-corrected chi connectivity index (χ4v) is 2.36. The van der Waals surface area contributed by atoms with Crippen LogP contribution in [0.2, 0.25) is 0 Å². The van der Waals surface area contributed by atoms with E-state index in [1.807, 2.05) is 13.8 Å². The van der Waals surface area contributed by atoms with Crippen molar-refractivity contribution in [3.63, 3.8) is 0 Å². The van der Waals surface area contributed by atoms with Crippen molar-refractivity contribution >= 4 is 11.3 Å². The van der Waals surface area contributed by atoms with Crippen LogP contribution >= 0.6 is 11.3 Å². The highest BCUT2D eigenvalue weighted by molar-refractivity contribution is 7.11. The van der Waals surface area contributed by atoms with E-state index in [9.17, 15) is 9.59 Å². The fraction of sp³-hybridized carbons (Fsp3) is 0.364. The molecule has 17 heavy (non-hydrogen) atoms. The van der Waals surface area contributed by atoms with Crippen LogP contribution < -0.4 is 11.2 Å². The summed E-state index contributed by atoms with van der Waals surface area (Å²) in [5.41, 5.74) is -0.545. The molecule has 0 bridgehead atoms. The van der Waals surface area contributed by atoms with E-state index in [0.717, 1.165) is 9.88 Å². The SMILES string of the molecule is CCn1ccc(=O)n(Cc2cnc(C)s2)c1=O. The van der Waals surface area contributed by atoms with E-state index < -0.39 is 0 Å². The minimum absolute atomic E-state index is 0.272. The zero-order chi connectivity index (χ0) is 12.4. The van der Waals surface area contributed by atoms with Gasteiger partial charge in [-0.25, -0.2) is 9.78 Å². The summed E-state index contributed by atoms with van der Waals surface area (Å²) < 4.78 is 2.74. The monoisotopic (exact) mass is 251 g/mol. The lowest BCUT2D eigenvalue weighted by molar-refractivity contribution is 0.602. The summed E-state index contributed by atoms with van der Waals surface area (Å²) in [6, 6.07) is 1.42. The molecule has 2 heterocycles. The molecule has 2 aromatic rings. The lowest BCUT2D eigenvalue weighted by Crippen LogP contribution is -2.38. The Morgan fingerprint density at radius 1 is 1.41 bits per heavy atom. The van der Waals surface area contributed by atoms with Crippen LogP contribution in [0.3, 0.4) is 0 Å². The molecule has 0 radical (unpaired) electrons. The molecular weight excluding hydrogens is 238 g/mol. The van der Waals surface area contributed by atoms with Crippen molar-refractivity contribution in [2.24, 2.45) is 0 Å². The second-order valence-corrected chi connectivity index (χ2v) is 4.97. The van der Waals surface area contributed by atoms with Crippen LogP contribution in [-0.2, 0) is 13.1 Å². The molecule has 6 heteroatoms. The number of aryl methyl sites for hydroxylation is 2. The van der Waals surface area contributed by atoms with Gasteiger partial charge in [-0.2, -0.15) is 0 Å². The molecule has 0 aliphatic heterocycles. The summed E-state index contributed by atoms with van der Waals surface area (Å²) in [4.78, 5) is 28.6. The molecule has 0 atom stereocenters. The predicted octanol–water partition coefficient (Wildman–Crippen LogP) is 0.843. The lowest BCUT2D eigenvalue weighted by Gasteiger charge is -2.06. The zero-order valence-corrected chi connectivity index (χ0v) is 10.5. The normalized spacial score (nSPS) is 10.7. The number of aromatic nitrogens is 3. The van der Waals surface area contributed by atoms with Gasteiger partial charge >= 0.3 is 5.69 Å². The van der Waals surface area contributed by atoms with Crippen LogP contribution in [0.1, 0.15) is 16.8 Å². The molecule has 0 amide bonds. The van der Waals surface area contributed by atoms with E-state index in [4.69, 9.17) is 0 Å². The largest absolute Gasteiger partial charge is 0.331 e. The molecule has 2 aromatic heterocycles. The van der Waals surface area contributed by atoms with Gasteiger partial charge in [0, 0.05) is 29.9 Å². The first-order chi connectivity index (χ1) is 8.11. The van der Waals surface area contributed by atoms with Gasteiger partial charge in [-0.1, -0.05) is 0 Å². The van der Waals surface area contributed by atoms with E-state index in [1.165, 1.54) is 32.7 Å². The van der Waals surface area contributed by atoms with Gasteiger partial charge in [0.2, 0.25) is 0 Å². The van der Waals surface area contributed by atoms with Crippen molar-refractivity contribution in [1.82, 2.24) is 14.1 Å². The summed E-state index contributed by atoms with van der Waals surface area (Å²) in [6.45, 7) is 4.62. The van der Waals surface area contributed by atoms with Gasteiger partial charge in [-0.3, -0.25) is 9.36 Å². The maximum atomic E-state index is 11.9. The standard InChI is InChI=1S/C11H13N3O2S/c1-3-13-5-4-10(15)14(11(13)16)7-9-6-12-8(2)17-9/h4-6H,3,7H2,1-2H3. The van der Waals surface area contributed by atoms with E-state index >= 15 is 0 Å². The summed E-state index contributed by atoms with van der Waals surface area (Å²) in [7, 11) is 0. The van der Waals surface area contributed by atoms with Crippen molar-refractivity contribution in [1.29, 1.82) is 0 Å². The van der Waals surface area contributed by atoms with Crippen molar-refractivity contribution in [2.45, 2.75) is 26.9 Å². The Labute approximate surface area is 102 Å². The molecule has 0 N–H and O–H groups in total. The van der Waals surface area contributed by atoms with Crippen LogP contribution in [0.15, 0.2) is 28.0 Å². The summed E-state index contributed by atoms with van der Waals surface area (Å²) in [6.07, 6.45) is 3.23. The Morgan fingerprint density at radius 2 is 2.18 bits per heavy atom. The van der Waals surface area contributed by atoms with E-state index in [2.05, 4.69) is 4.98 Å². The number of nitrogens with zero attached hydrogens (tertiary/aromatic N) is 3. The second kappa shape index (κ2) is 4.67. The average molecular weight is 251 g/mol. The zero-order valence-electron chi connectivity index (χ0n) is 9.71. The quantitative estimate of drug-likeness (QED) is 0.812. The summed E-state index contributed by atoms with van der Waals surface area (Å²) >= 11 is 1.49. The Bertz CT molecular complexity index is 639. The Morgan fingerprint density at radius 3 is 2.76 bits per heavy atom. The van der Waals surface area contributed by atoms with Crippen molar-refractivity contribution in [3.05, 3.63) is 49.2 Å². The molecule has 0 spiro atoms. The van der Waals surface area contributed by atoms with Crippen LogP contribution in [0.25, 0.3) is 0 Å². The molecule has 0 aliphatic rings. The van der Waals surface area contributed by atoms with Crippen LogP contribution in [0, 0.1) is 6.92 Å². The maximum Gasteiger partial charge on any atom is 0.331 e. The molecule has 0 fully saturated rings. The van der Waals surface area contributed by atoms with Gasteiger partial charge < -0.3 is 4.57 Å². The smallest absolute Gasteiger partial charge is 0.301 e. The fourth-order valence-electron chi connectivity index (χ4n) is 1.58. The van der Waals surface area contributed by atoms with Gasteiger partial charge in [-0.15, -0.1) is 11.3 Å². The first-order valence-corrected chi connectivity index (χ1v) is 6.15. The molecule has 2 rings (SSSR count). The van der Waals surface area contributed by atoms with Crippen LogP contribution in [0.4, 0.5) is 0 Å². The summed E-state index contributed by atoms with van der Waals surface area (Å²) in [5.74, 6) is 0. The number of rotatable bonds is 3. The highest BCUT2D eigenvalue weighted by Gasteiger charge is 2.06. The highest BCUT2D eigenvalue weighted by atomic mass is 32.1. The molecular formula is C11H13N3O2S. The number of hydrogen-bond donors (Lipinski definition) is 0. The highest BCUT2D eigenvalue weighted by Crippen LogP contribution is 2.11. The topological polar surface area (TPSA) is 56.9 Å². The van der Waals surface area contributed by atoms with Gasteiger partial charge in [0.05, 0.1) is 11.6 Å². The van der Waals surface area contributed by atoms with Crippen molar-refractivity contribution in [2.75, 3.05) is 0 Å². The van der Waals surface area contributed by atoms with Gasteiger partial charge in [0.15, 0.2) is 0 Å². The van der Waals surface area contributed by atoms with Crippen LogP contribution in [0.5, 0.6) is 0 Å². The molecule has 0 saturated heterocycles. The van der Waals surface area contributed by atoms with Crippen LogP contribution in [-0.4, -0.2) is 14.1 Å². The maximum absolute atomic E-state index is 11.9. The lowest BCUT2D eigenvalue weighted by atomic mass is 10.5. The predicted molar refractivity (Wildman–Crippen MR) is 66.6 cm³/mol.